The number of benzene rings is 2. The molecule has 0 radical (unpaired) electrons. The minimum Gasteiger partial charge on any atom is -0.733 e. The van der Waals surface area contributed by atoms with E-state index in [0.717, 1.165) is 16.4 Å². The van der Waals surface area contributed by atoms with Gasteiger partial charge in [0, 0.05) is 35.6 Å². The summed E-state index contributed by atoms with van der Waals surface area (Å²) in [5.41, 5.74) is 1.56. The summed E-state index contributed by atoms with van der Waals surface area (Å²) in [6, 6.07) is 15.3. The third kappa shape index (κ3) is 4.23. The zero-order valence-corrected chi connectivity index (χ0v) is 15.2. The molecule has 0 unspecified atom stereocenters. The summed E-state index contributed by atoms with van der Waals surface area (Å²) in [6.45, 7) is 0. The third-order valence-corrected chi connectivity index (χ3v) is 4.47. The number of rotatable bonds is 6. The lowest BCUT2D eigenvalue weighted by Crippen LogP contribution is -2.06. The van der Waals surface area contributed by atoms with Crippen molar-refractivity contribution in [2.45, 2.75) is 0 Å². The van der Waals surface area contributed by atoms with Crippen LogP contribution < -0.4 is 15.3 Å². The molecule has 0 saturated carbocycles. The van der Waals surface area contributed by atoms with E-state index in [1.165, 1.54) is 23.5 Å². The number of nitrogens with one attached hydrogen (secondary N) is 1. The highest BCUT2D eigenvalue weighted by Crippen LogP contribution is 2.28. The molecule has 140 valence electrons. The normalized spacial score (nSPS) is 10.5. The van der Waals surface area contributed by atoms with Gasteiger partial charge in [0.25, 0.3) is 0 Å². The largest absolute Gasteiger partial charge is 0.733 e. The summed E-state index contributed by atoms with van der Waals surface area (Å²) in [5, 5.41) is 25.7. The summed E-state index contributed by atoms with van der Waals surface area (Å²) in [4.78, 5) is 13.0. The molecule has 0 aliphatic rings. The number of ether oxygens (including phenoxy) is 1. The van der Waals surface area contributed by atoms with Gasteiger partial charge in [-0.05, 0) is 30.3 Å². The molecule has 0 aliphatic heterocycles. The molecule has 0 fully saturated rings. The van der Waals surface area contributed by atoms with Crippen molar-refractivity contribution in [3.8, 4) is 22.2 Å². The smallest absolute Gasteiger partial charge is 0.227 e. The molecule has 2 N–H and O–H groups in total. The maximum absolute atomic E-state index is 11.0. The van der Waals surface area contributed by atoms with Crippen molar-refractivity contribution in [2.24, 2.45) is 0 Å². The lowest BCUT2D eigenvalue weighted by Gasteiger charge is -2.21. The molecule has 4 aromatic rings. The summed E-state index contributed by atoms with van der Waals surface area (Å²) in [5.74, 6) is 1.41. The summed E-state index contributed by atoms with van der Waals surface area (Å²) >= 11 is 1.51. The number of nitrogens with zero attached hydrogens (tertiary/aromatic N) is 4. The van der Waals surface area contributed by atoms with Gasteiger partial charge < -0.3 is 20.5 Å². The van der Waals surface area contributed by atoms with Crippen molar-refractivity contribution < 1.29 is 9.94 Å². The first-order valence-corrected chi connectivity index (χ1v) is 9.09. The molecular formula is C19H14N5O3S-. The highest BCUT2D eigenvalue weighted by atomic mass is 32.1. The van der Waals surface area contributed by atoms with Gasteiger partial charge in [0.1, 0.15) is 22.2 Å². The molecule has 28 heavy (non-hydrogen) atoms. The van der Waals surface area contributed by atoms with Crippen LogP contribution in [0.15, 0.2) is 72.4 Å². The van der Waals surface area contributed by atoms with Crippen molar-refractivity contribution in [3.05, 3.63) is 77.6 Å². The standard InChI is InChI=1S/C19H14N5O3S/c25-24(26)14-4-2-6-16(12-14)27-15-5-1-3-13(11-15)22-19-21-8-7-17(23-19)18-20-9-10-28-18/h1-12,25H,(H,21,22,23)/q-1. The maximum atomic E-state index is 11.0. The Bertz CT molecular complexity index is 1070. The van der Waals surface area contributed by atoms with Gasteiger partial charge >= 0.3 is 0 Å². The van der Waals surface area contributed by atoms with Gasteiger partial charge in [-0.1, -0.05) is 12.1 Å². The van der Waals surface area contributed by atoms with Gasteiger partial charge in [-0.2, -0.15) is 0 Å². The lowest BCUT2D eigenvalue weighted by atomic mass is 10.3. The average Bonchev–Trinajstić information content (AvgIpc) is 3.24. The van der Waals surface area contributed by atoms with Gasteiger partial charge in [-0.15, -0.1) is 11.3 Å². The van der Waals surface area contributed by atoms with Crippen LogP contribution in [0.4, 0.5) is 17.3 Å². The first-order valence-electron chi connectivity index (χ1n) is 8.21. The average molecular weight is 392 g/mol. The summed E-state index contributed by atoms with van der Waals surface area (Å²) in [7, 11) is 0. The van der Waals surface area contributed by atoms with E-state index in [9.17, 15) is 5.21 Å². The second-order valence-electron chi connectivity index (χ2n) is 5.63. The minimum atomic E-state index is -0.211. The topological polar surface area (TPSA) is 106 Å². The molecule has 2 heterocycles. The van der Waals surface area contributed by atoms with E-state index in [4.69, 9.17) is 9.94 Å². The van der Waals surface area contributed by atoms with Gasteiger partial charge in [-0.25, -0.2) is 15.0 Å². The molecule has 2 aromatic carbocycles. The van der Waals surface area contributed by atoms with Crippen molar-refractivity contribution in [1.82, 2.24) is 15.0 Å². The van der Waals surface area contributed by atoms with Crippen molar-refractivity contribution >= 4 is 28.7 Å². The Labute approximate surface area is 164 Å². The molecule has 0 bridgehead atoms. The summed E-state index contributed by atoms with van der Waals surface area (Å²) < 4.78 is 5.76. The first-order chi connectivity index (χ1) is 13.7. The predicted octanol–water partition coefficient (Wildman–Crippen LogP) is 4.83. The van der Waals surface area contributed by atoms with E-state index in [1.807, 2.05) is 17.5 Å². The second kappa shape index (κ2) is 8.01. The molecule has 0 saturated heterocycles. The third-order valence-electron chi connectivity index (χ3n) is 3.67. The van der Waals surface area contributed by atoms with E-state index >= 15 is 0 Å². The van der Waals surface area contributed by atoms with Crippen LogP contribution in [0.5, 0.6) is 11.5 Å². The van der Waals surface area contributed by atoms with Crippen LogP contribution in [0.2, 0.25) is 0 Å². The SMILES string of the molecule is [O-]N(O)c1cccc(Oc2cccc(Nc3nccc(-c4nccs4)n3)c2)c1. The highest BCUT2D eigenvalue weighted by molar-refractivity contribution is 7.13. The van der Waals surface area contributed by atoms with Crippen LogP contribution in [0.25, 0.3) is 10.7 Å². The van der Waals surface area contributed by atoms with Gasteiger partial charge in [0.2, 0.25) is 5.95 Å². The van der Waals surface area contributed by atoms with Gasteiger partial charge in [0.05, 0.1) is 5.69 Å². The Morgan fingerprint density at radius 3 is 2.61 bits per heavy atom. The second-order valence-corrected chi connectivity index (χ2v) is 6.52. The Morgan fingerprint density at radius 1 is 1.00 bits per heavy atom. The Kier molecular flexibility index (Phi) is 5.11. The molecule has 0 atom stereocenters. The van der Waals surface area contributed by atoms with Crippen LogP contribution in [-0.2, 0) is 0 Å². The monoisotopic (exact) mass is 392 g/mol. The fraction of sp³-hybridized carbons (Fsp3) is 0. The zero-order chi connectivity index (χ0) is 19.3. The van der Waals surface area contributed by atoms with Crippen LogP contribution in [-0.4, -0.2) is 20.2 Å². The van der Waals surface area contributed by atoms with E-state index in [1.54, 1.807) is 42.7 Å². The van der Waals surface area contributed by atoms with Gasteiger partial charge in [-0.3, -0.25) is 5.21 Å². The number of anilines is 3. The molecule has 0 aliphatic carbocycles. The van der Waals surface area contributed by atoms with Crippen molar-refractivity contribution in [2.75, 3.05) is 10.5 Å². The fourth-order valence-corrected chi connectivity index (χ4v) is 3.06. The van der Waals surface area contributed by atoms with Crippen LogP contribution in [0, 0.1) is 5.21 Å². The van der Waals surface area contributed by atoms with Crippen LogP contribution in [0.3, 0.4) is 0 Å². The Balaban J connectivity index is 1.52. The Morgan fingerprint density at radius 2 is 1.82 bits per heavy atom. The lowest BCUT2D eigenvalue weighted by molar-refractivity contribution is 0.296. The quantitative estimate of drug-likeness (QED) is 0.449. The molecular weight excluding hydrogens is 378 g/mol. The number of hydrogen-bond acceptors (Lipinski definition) is 9. The van der Waals surface area contributed by atoms with Crippen LogP contribution >= 0.6 is 11.3 Å². The first kappa shape index (κ1) is 17.9. The molecule has 8 nitrogen and oxygen atoms in total. The number of hydrogen-bond donors (Lipinski definition) is 2. The minimum absolute atomic E-state index is 0.0826. The van der Waals surface area contributed by atoms with E-state index < -0.39 is 0 Å². The molecule has 0 spiro atoms. The molecule has 4 rings (SSSR count). The molecule has 9 heteroatoms. The molecule has 0 amide bonds. The maximum Gasteiger partial charge on any atom is 0.227 e. The van der Waals surface area contributed by atoms with E-state index in [2.05, 4.69) is 20.3 Å². The number of aromatic nitrogens is 3. The van der Waals surface area contributed by atoms with Gasteiger partial charge in [0.15, 0.2) is 0 Å². The fourth-order valence-electron chi connectivity index (χ4n) is 2.46. The highest BCUT2D eigenvalue weighted by Gasteiger charge is 2.06. The number of thiazole rings is 1. The van der Waals surface area contributed by atoms with Crippen LogP contribution in [0.1, 0.15) is 0 Å². The molecule has 2 aromatic heterocycles. The zero-order valence-electron chi connectivity index (χ0n) is 14.4. The van der Waals surface area contributed by atoms with E-state index in [0.29, 0.717) is 17.4 Å². The van der Waals surface area contributed by atoms with E-state index in [-0.39, 0.29) is 10.9 Å². The predicted molar refractivity (Wildman–Crippen MR) is 107 cm³/mol. The Hall–Kier alpha value is -3.53. The van der Waals surface area contributed by atoms with Crippen molar-refractivity contribution in [3.63, 3.8) is 0 Å². The summed E-state index contributed by atoms with van der Waals surface area (Å²) in [6.07, 6.45) is 3.40. The van der Waals surface area contributed by atoms with Crippen molar-refractivity contribution in [1.29, 1.82) is 0 Å².